The second-order valence-corrected chi connectivity index (χ2v) is 1.84. The first kappa shape index (κ1) is 3.95. The highest BCUT2D eigenvalue weighted by Crippen LogP contribution is 2.16. The van der Waals surface area contributed by atoms with E-state index >= 15 is 0 Å². The van der Waals surface area contributed by atoms with Gasteiger partial charge >= 0.3 is 0 Å². The molecule has 42 valence electrons. The molecule has 1 aliphatic heterocycles. The average molecular weight is 110 g/mol. The topological polar surface area (TPSA) is 29.0 Å². The lowest BCUT2D eigenvalue weighted by molar-refractivity contribution is 0.421. The normalized spacial score (nSPS) is 16.8. The van der Waals surface area contributed by atoms with Crippen molar-refractivity contribution in [1.82, 2.24) is 5.16 Å². The Labute approximate surface area is 46.9 Å². The van der Waals surface area contributed by atoms with Gasteiger partial charge in [-0.15, -0.1) is 0 Å². The van der Waals surface area contributed by atoms with E-state index in [1.54, 1.807) is 6.26 Å². The molecule has 0 unspecified atom stereocenters. The quantitative estimate of drug-likeness (QED) is 0.493. The average Bonchev–Trinajstić information content (AvgIpc) is 2.49. The van der Waals surface area contributed by atoms with E-state index in [0.717, 1.165) is 18.9 Å². The number of nitrogens with zero attached hydrogens (tertiary/aromatic N) is 2. The number of aromatic nitrogens is 1. The molecule has 0 aliphatic carbocycles. The number of hydrogen-bond donors (Lipinski definition) is 0. The van der Waals surface area contributed by atoms with Crippen LogP contribution in [0.2, 0.25) is 0 Å². The molecule has 1 saturated heterocycles. The van der Waals surface area contributed by atoms with E-state index in [4.69, 9.17) is 0 Å². The van der Waals surface area contributed by atoms with E-state index < -0.39 is 0 Å². The van der Waals surface area contributed by atoms with Gasteiger partial charge in [-0.25, -0.2) is 0 Å². The summed E-state index contributed by atoms with van der Waals surface area (Å²) >= 11 is 0. The zero-order valence-corrected chi connectivity index (χ0v) is 4.37. The molecular weight excluding hydrogens is 104 g/mol. The van der Waals surface area contributed by atoms with Crippen molar-refractivity contribution in [2.75, 3.05) is 18.0 Å². The molecule has 0 aromatic carbocycles. The van der Waals surface area contributed by atoms with E-state index in [1.165, 1.54) is 0 Å². The summed E-state index contributed by atoms with van der Waals surface area (Å²) in [7, 11) is 0. The minimum Gasteiger partial charge on any atom is -0.363 e. The van der Waals surface area contributed by atoms with Gasteiger partial charge < -0.3 is 9.42 Å². The van der Waals surface area contributed by atoms with E-state index in [2.05, 4.69) is 14.6 Å². The van der Waals surface area contributed by atoms with Crippen LogP contribution in [0.25, 0.3) is 0 Å². The maximum Gasteiger partial charge on any atom is 0.172 e. The molecule has 3 nitrogen and oxygen atoms in total. The highest BCUT2D eigenvalue weighted by molar-refractivity contribution is 5.42. The molecule has 0 bridgehead atoms. The predicted molar refractivity (Wildman–Crippen MR) is 28.7 cm³/mol. The SMILES string of the molecule is c1cc(N2CC2)no1. The monoisotopic (exact) mass is 110 g/mol. The summed E-state index contributed by atoms with van der Waals surface area (Å²) < 4.78 is 4.62. The summed E-state index contributed by atoms with van der Waals surface area (Å²) in [6.07, 6.45) is 1.59. The van der Waals surface area contributed by atoms with Crippen molar-refractivity contribution in [1.29, 1.82) is 0 Å². The maximum atomic E-state index is 4.62. The third-order valence-electron chi connectivity index (χ3n) is 1.20. The fourth-order valence-corrected chi connectivity index (χ4v) is 0.648. The summed E-state index contributed by atoms with van der Waals surface area (Å²) in [6.45, 7) is 2.26. The molecule has 0 saturated carbocycles. The van der Waals surface area contributed by atoms with Crippen molar-refractivity contribution in [3.63, 3.8) is 0 Å². The number of hydrogen-bond acceptors (Lipinski definition) is 3. The fraction of sp³-hybridized carbons (Fsp3) is 0.400. The Morgan fingerprint density at radius 1 is 1.62 bits per heavy atom. The van der Waals surface area contributed by atoms with Crippen molar-refractivity contribution in [3.8, 4) is 0 Å². The molecule has 1 fully saturated rings. The van der Waals surface area contributed by atoms with Crippen molar-refractivity contribution in [2.24, 2.45) is 0 Å². The Morgan fingerprint density at radius 2 is 2.50 bits per heavy atom. The number of rotatable bonds is 1. The summed E-state index contributed by atoms with van der Waals surface area (Å²) in [6, 6.07) is 1.87. The molecule has 1 aromatic rings. The standard InChI is InChI=1S/C5H6N2O/c1-4-8-6-5(1)7-2-3-7/h1,4H,2-3H2. The Bertz CT molecular complexity index is 167. The van der Waals surface area contributed by atoms with Crippen molar-refractivity contribution < 1.29 is 4.52 Å². The van der Waals surface area contributed by atoms with Gasteiger partial charge in [0.25, 0.3) is 0 Å². The van der Waals surface area contributed by atoms with Crippen LogP contribution >= 0.6 is 0 Å². The highest BCUT2D eigenvalue weighted by atomic mass is 16.5. The minimum absolute atomic E-state index is 0.963. The molecule has 0 N–H and O–H groups in total. The van der Waals surface area contributed by atoms with Gasteiger partial charge in [-0.2, -0.15) is 0 Å². The lowest BCUT2D eigenvalue weighted by Gasteiger charge is -1.87. The van der Waals surface area contributed by atoms with Crippen LogP contribution in [-0.2, 0) is 0 Å². The zero-order chi connectivity index (χ0) is 5.40. The van der Waals surface area contributed by atoms with E-state index in [1.807, 2.05) is 6.07 Å². The predicted octanol–water partition coefficient (Wildman–Crippen LogP) is 0.495. The van der Waals surface area contributed by atoms with Gasteiger partial charge in [0.2, 0.25) is 0 Å². The van der Waals surface area contributed by atoms with Crippen molar-refractivity contribution in [3.05, 3.63) is 12.3 Å². The summed E-state index contributed by atoms with van der Waals surface area (Å²) in [5.41, 5.74) is 0. The first-order valence-electron chi connectivity index (χ1n) is 2.62. The molecule has 1 aromatic heterocycles. The van der Waals surface area contributed by atoms with Gasteiger partial charge in [-0.3, -0.25) is 0 Å². The van der Waals surface area contributed by atoms with Gasteiger partial charge in [-0.05, 0) is 0 Å². The van der Waals surface area contributed by atoms with Crippen molar-refractivity contribution in [2.45, 2.75) is 0 Å². The molecule has 0 radical (unpaired) electrons. The van der Waals surface area contributed by atoms with Crippen LogP contribution in [0.5, 0.6) is 0 Å². The third-order valence-corrected chi connectivity index (χ3v) is 1.20. The Hall–Kier alpha value is -0.990. The molecule has 8 heavy (non-hydrogen) atoms. The lowest BCUT2D eigenvalue weighted by atomic mass is 10.6. The number of anilines is 1. The van der Waals surface area contributed by atoms with Gasteiger partial charge in [0.15, 0.2) is 5.82 Å². The van der Waals surface area contributed by atoms with E-state index in [9.17, 15) is 0 Å². The Balaban J connectivity index is 2.28. The Morgan fingerprint density at radius 3 is 3.00 bits per heavy atom. The van der Waals surface area contributed by atoms with Gasteiger partial charge in [0.1, 0.15) is 6.26 Å². The maximum absolute atomic E-state index is 4.62. The molecule has 0 amide bonds. The minimum atomic E-state index is 0.963. The van der Waals surface area contributed by atoms with E-state index in [-0.39, 0.29) is 0 Å². The van der Waals surface area contributed by atoms with Crippen LogP contribution in [0.15, 0.2) is 16.9 Å². The van der Waals surface area contributed by atoms with Crippen LogP contribution in [0.4, 0.5) is 5.82 Å². The molecule has 0 atom stereocenters. The molecule has 2 heterocycles. The van der Waals surface area contributed by atoms with Crippen LogP contribution < -0.4 is 4.90 Å². The smallest absolute Gasteiger partial charge is 0.172 e. The van der Waals surface area contributed by atoms with Crippen LogP contribution in [0, 0.1) is 0 Å². The van der Waals surface area contributed by atoms with E-state index in [0.29, 0.717) is 0 Å². The van der Waals surface area contributed by atoms with Crippen molar-refractivity contribution >= 4 is 5.82 Å². The second kappa shape index (κ2) is 1.24. The van der Waals surface area contributed by atoms with Gasteiger partial charge in [-0.1, -0.05) is 5.16 Å². The first-order valence-corrected chi connectivity index (χ1v) is 2.62. The van der Waals surface area contributed by atoms with Crippen LogP contribution in [0.3, 0.4) is 0 Å². The molecular formula is C5H6N2O. The first-order chi connectivity index (χ1) is 3.97. The highest BCUT2D eigenvalue weighted by Gasteiger charge is 2.19. The second-order valence-electron chi connectivity index (χ2n) is 1.84. The lowest BCUT2D eigenvalue weighted by Crippen LogP contribution is -1.88. The van der Waals surface area contributed by atoms with Crippen LogP contribution in [0.1, 0.15) is 0 Å². The zero-order valence-electron chi connectivity index (χ0n) is 4.37. The molecule has 2 rings (SSSR count). The molecule has 3 heteroatoms. The Kier molecular flexibility index (Phi) is 0.614. The third kappa shape index (κ3) is 0.476. The van der Waals surface area contributed by atoms with Crippen LogP contribution in [-0.4, -0.2) is 18.2 Å². The summed E-state index contributed by atoms with van der Waals surface area (Å²) in [5, 5.41) is 3.73. The summed E-state index contributed by atoms with van der Waals surface area (Å²) in [5.74, 6) is 0.963. The molecule has 1 aliphatic rings. The summed E-state index contributed by atoms with van der Waals surface area (Å²) in [4.78, 5) is 2.13. The van der Waals surface area contributed by atoms with Gasteiger partial charge in [0, 0.05) is 19.2 Å². The fourth-order valence-electron chi connectivity index (χ4n) is 0.648. The molecule has 0 spiro atoms. The van der Waals surface area contributed by atoms with Gasteiger partial charge in [0.05, 0.1) is 0 Å². The largest absolute Gasteiger partial charge is 0.363 e.